The van der Waals surface area contributed by atoms with Crippen LogP contribution in [0.1, 0.15) is 34.0 Å². The molecule has 0 saturated carbocycles. The molecule has 0 atom stereocenters. The molecule has 0 heterocycles. The highest BCUT2D eigenvalue weighted by molar-refractivity contribution is 8.16. The minimum atomic E-state index is -4.53. The summed E-state index contributed by atoms with van der Waals surface area (Å²) in [6.45, 7) is 1.60. The van der Waals surface area contributed by atoms with E-state index in [0.717, 1.165) is 0 Å². The Hall–Kier alpha value is -1.12. The minimum Gasteiger partial charge on any atom is -0.289 e. The molecule has 2 aromatic carbocycles. The Morgan fingerprint density at radius 1 is 0.846 bits per heavy atom. The predicted molar refractivity (Wildman–Crippen MR) is 100 cm³/mol. The molecule has 26 heavy (non-hydrogen) atoms. The second-order valence-corrected chi connectivity index (χ2v) is 10.9. The fourth-order valence-corrected chi connectivity index (χ4v) is 7.36. The molecule has 5 nitrogen and oxygen atoms in total. The van der Waals surface area contributed by atoms with Crippen molar-refractivity contribution in [2.45, 2.75) is 29.0 Å². The molecule has 0 aromatic heterocycles. The van der Waals surface area contributed by atoms with E-state index in [1.165, 1.54) is 0 Å². The van der Waals surface area contributed by atoms with Crippen molar-refractivity contribution in [3.05, 3.63) is 46.5 Å². The summed E-state index contributed by atoms with van der Waals surface area (Å²) in [7, 11) is 2.04. The largest absolute Gasteiger partial charge is 0.289 e. The van der Waals surface area contributed by atoms with Gasteiger partial charge in [-0.1, -0.05) is 31.2 Å². The maximum Gasteiger partial charge on any atom is 0.263 e. The van der Waals surface area contributed by atoms with Crippen molar-refractivity contribution in [2.75, 3.05) is 0 Å². The maximum absolute atomic E-state index is 12.9. The average molecular weight is 454 g/mol. The third-order valence-electron chi connectivity index (χ3n) is 4.25. The Labute approximate surface area is 164 Å². The molecule has 3 rings (SSSR count). The Bertz CT molecular complexity index is 1170. The zero-order valence-electron chi connectivity index (χ0n) is 13.2. The normalized spacial score (nSPS) is 13.6. The van der Waals surface area contributed by atoms with E-state index in [4.69, 9.17) is 33.0 Å². The summed E-state index contributed by atoms with van der Waals surface area (Å²) >= 11 is 5.98. The lowest BCUT2D eigenvalue weighted by Crippen LogP contribution is -2.14. The number of ketones is 1. The summed E-state index contributed by atoms with van der Waals surface area (Å²) in [4.78, 5) is 11.6. The van der Waals surface area contributed by atoms with Gasteiger partial charge in [-0.2, -0.15) is 0 Å². The first kappa shape index (κ1) is 19.6. The fourth-order valence-electron chi connectivity index (χ4n) is 3.37. The highest BCUT2D eigenvalue weighted by atomic mass is 35.7. The molecular formula is C16H11Cl3O5S2. The van der Waals surface area contributed by atoms with Crippen LogP contribution < -0.4 is 0 Å². The number of hydrogen-bond acceptors (Lipinski definition) is 5. The van der Waals surface area contributed by atoms with Crippen LogP contribution in [-0.4, -0.2) is 22.6 Å². The smallest absolute Gasteiger partial charge is 0.263 e. The van der Waals surface area contributed by atoms with Crippen molar-refractivity contribution in [3.8, 4) is 11.1 Å². The molecule has 0 unspecified atom stereocenters. The first-order chi connectivity index (χ1) is 12.0. The lowest BCUT2D eigenvalue weighted by molar-refractivity contribution is 0.104. The van der Waals surface area contributed by atoms with Crippen molar-refractivity contribution in [1.29, 1.82) is 0 Å². The van der Waals surface area contributed by atoms with Gasteiger partial charge in [-0.15, -0.1) is 11.6 Å². The van der Waals surface area contributed by atoms with E-state index in [1.807, 2.05) is 0 Å². The van der Waals surface area contributed by atoms with Crippen molar-refractivity contribution in [1.82, 2.24) is 0 Å². The fraction of sp³-hybridized carbons (Fsp3) is 0.188. The second kappa shape index (κ2) is 6.49. The van der Waals surface area contributed by atoms with Crippen molar-refractivity contribution in [2.24, 2.45) is 0 Å². The Morgan fingerprint density at radius 3 is 1.81 bits per heavy atom. The van der Waals surface area contributed by atoms with Crippen LogP contribution >= 0.6 is 33.0 Å². The molecule has 0 saturated heterocycles. The van der Waals surface area contributed by atoms with Crippen LogP contribution in [0.3, 0.4) is 0 Å². The van der Waals surface area contributed by atoms with Gasteiger partial charge in [0.25, 0.3) is 18.1 Å². The molecule has 0 amide bonds. The van der Waals surface area contributed by atoms with Crippen molar-refractivity contribution < 1.29 is 21.6 Å². The quantitative estimate of drug-likeness (QED) is 0.439. The molecule has 0 radical (unpaired) electrons. The molecule has 0 N–H and O–H groups in total. The Kier molecular flexibility index (Phi) is 4.90. The van der Waals surface area contributed by atoms with Gasteiger partial charge in [0.15, 0.2) is 5.78 Å². The van der Waals surface area contributed by atoms with E-state index >= 15 is 0 Å². The van der Waals surface area contributed by atoms with Crippen LogP contribution in [0, 0.1) is 0 Å². The van der Waals surface area contributed by atoms with Crippen molar-refractivity contribution in [3.63, 3.8) is 0 Å². The zero-order chi connectivity index (χ0) is 19.4. The molecule has 10 heteroatoms. The summed E-state index contributed by atoms with van der Waals surface area (Å²) in [6.07, 6.45) is 0.0608. The van der Waals surface area contributed by atoms with Gasteiger partial charge in [-0.3, -0.25) is 4.79 Å². The maximum atomic E-state index is 12.9. The van der Waals surface area contributed by atoms with Crippen LogP contribution in [0.5, 0.6) is 0 Å². The molecule has 0 spiro atoms. The van der Waals surface area contributed by atoms with Gasteiger partial charge in [0.1, 0.15) is 9.79 Å². The summed E-state index contributed by atoms with van der Waals surface area (Å²) in [5.41, 5.74) is 1.19. The van der Waals surface area contributed by atoms with Gasteiger partial charge in [-0.25, -0.2) is 16.8 Å². The topological polar surface area (TPSA) is 85.3 Å². The number of fused-ring (bicyclic) bond motifs is 3. The number of halogens is 3. The van der Waals surface area contributed by atoms with E-state index in [0.29, 0.717) is 16.7 Å². The predicted octanol–water partition coefficient (Wildman–Crippen LogP) is 4.05. The van der Waals surface area contributed by atoms with Crippen LogP contribution in [0.4, 0.5) is 0 Å². The van der Waals surface area contributed by atoms with Gasteiger partial charge in [-0.05, 0) is 28.7 Å². The monoisotopic (exact) mass is 452 g/mol. The first-order valence-corrected chi connectivity index (χ1v) is 12.5. The molecule has 0 aliphatic heterocycles. The number of rotatable bonds is 4. The molecular weight excluding hydrogens is 443 g/mol. The van der Waals surface area contributed by atoms with E-state index in [-0.39, 0.29) is 29.0 Å². The van der Waals surface area contributed by atoms with E-state index < -0.39 is 33.7 Å². The number of benzene rings is 2. The SMILES string of the molecule is CCc1c2c(c(CCl)c(S(=O)(=O)Cl)c1S(=O)(=O)Cl)-c1ccccc1C2=O. The lowest BCUT2D eigenvalue weighted by atomic mass is 9.94. The van der Waals surface area contributed by atoms with Gasteiger partial charge in [0.05, 0.1) is 0 Å². The molecule has 2 aromatic rings. The highest BCUT2D eigenvalue weighted by Gasteiger charge is 2.40. The number of carbonyl (C=O) groups is 1. The minimum absolute atomic E-state index is 0.0179. The molecule has 1 aliphatic rings. The van der Waals surface area contributed by atoms with Gasteiger partial charge in [0.2, 0.25) is 0 Å². The lowest BCUT2D eigenvalue weighted by Gasteiger charge is -2.18. The van der Waals surface area contributed by atoms with E-state index in [1.54, 1.807) is 31.2 Å². The molecule has 0 fully saturated rings. The summed E-state index contributed by atoms with van der Waals surface area (Å²) in [6, 6.07) is 6.58. The zero-order valence-corrected chi connectivity index (χ0v) is 17.1. The van der Waals surface area contributed by atoms with Gasteiger partial charge in [0, 0.05) is 38.4 Å². The summed E-state index contributed by atoms with van der Waals surface area (Å²) < 4.78 is 48.9. The number of alkyl halides is 1. The third kappa shape index (κ3) is 2.86. The third-order valence-corrected chi connectivity index (χ3v) is 7.45. The standard InChI is InChI=1S/C16H11Cl3O5S2/c1-2-8-13-12(9-5-3-4-6-10(9)14(13)20)11(7-17)16(26(19,23)24)15(8)25(18,21)22/h3-6H,2,7H2,1H3. The van der Waals surface area contributed by atoms with Gasteiger partial charge >= 0.3 is 0 Å². The summed E-state index contributed by atoms with van der Waals surface area (Å²) in [5, 5.41) is 0. The molecule has 1 aliphatic carbocycles. The number of carbonyl (C=O) groups excluding carboxylic acids is 1. The van der Waals surface area contributed by atoms with Crippen LogP contribution in [-0.2, 0) is 30.4 Å². The number of hydrogen-bond donors (Lipinski definition) is 0. The summed E-state index contributed by atoms with van der Waals surface area (Å²) in [5.74, 6) is -0.770. The Morgan fingerprint density at radius 2 is 1.35 bits per heavy atom. The molecule has 0 bridgehead atoms. The first-order valence-electron chi connectivity index (χ1n) is 7.35. The van der Waals surface area contributed by atoms with E-state index in [2.05, 4.69) is 0 Å². The van der Waals surface area contributed by atoms with Crippen LogP contribution in [0.25, 0.3) is 11.1 Å². The average Bonchev–Trinajstić information content (AvgIpc) is 2.85. The molecule has 138 valence electrons. The van der Waals surface area contributed by atoms with Gasteiger partial charge < -0.3 is 0 Å². The second-order valence-electron chi connectivity index (χ2n) is 5.60. The Balaban J connectivity index is 2.69. The van der Waals surface area contributed by atoms with E-state index in [9.17, 15) is 21.6 Å². The van der Waals surface area contributed by atoms with Crippen LogP contribution in [0.15, 0.2) is 34.1 Å². The van der Waals surface area contributed by atoms with Crippen LogP contribution in [0.2, 0.25) is 0 Å². The highest BCUT2D eigenvalue weighted by Crippen LogP contribution is 2.48. The van der Waals surface area contributed by atoms with Crippen molar-refractivity contribution >= 4 is 56.9 Å².